The Morgan fingerprint density at radius 1 is 1.43 bits per heavy atom. The summed E-state index contributed by atoms with van der Waals surface area (Å²) < 4.78 is 13.2. The topological polar surface area (TPSA) is 101 Å². The first-order chi connectivity index (χ1) is 6.40. The Bertz CT molecular complexity index is 320. The molecule has 78 valence electrons. The van der Waals surface area contributed by atoms with Crippen LogP contribution >= 0.6 is 0 Å². The van der Waals surface area contributed by atoms with Crippen molar-refractivity contribution in [3.8, 4) is 0 Å². The molecule has 2 saturated carbocycles. The minimum Gasteiger partial charge on any atom is -0.481 e. The first kappa shape index (κ1) is 9.39. The van der Waals surface area contributed by atoms with E-state index in [2.05, 4.69) is 0 Å². The van der Waals surface area contributed by atoms with Gasteiger partial charge >= 0.3 is 11.9 Å². The molecule has 14 heavy (non-hydrogen) atoms. The summed E-state index contributed by atoms with van der Waals surface area (Å²) >= 11 is 0. The number of carboxylic acids is 2. The SMILES string of the molecule is N[C@@]1(C(=O)O)C2[C@@H](C(=O)O)[C@H]2C[C@H]1F. The van der Waals surface area contributed by atoms with Gasteiger partial charge in [-0.3, -0.25) is 9.59 Å². The highest BCUT2D eigenvalue weighted by Crippen LogP contribution is 2.62. The molecule has 0 bridgehead atoms. The van der Waals surface area contributed by atoms with Crippen molar-refractivity contribution in [2.45, 2.75) is 18.1 Å². The van der Waals surface area contributed by atoms with Crippen LogP contribution in [0.2, 0.25) is 0 Å². The van der Waals surface area contributed by atoms with Crippen LogP contribution in [0.3, 0.4) is 0 Å². The maximum absolute atomic E-state index is 13.2. The summed E-state index contributed by atoms with van der Waals surface area (Å²) in [5, 5.41) is 17.5. The molecule has 0 aliphatic heterocycles. The average molecular weight is 203 g/mol. The van der Waals surface area contributed by atoms with Crippen LogP contribution in [0.4, 0.5) is 4.39 Å². The number of hydrogen-bond donors (Lipinski definition) is 3. The molecule has 1 unspecified atom stereocenters. The minimum absolute atomic E-state index is 0.0512. The number of alkyl halides is 1. The van der Waals surface area contributed by atoms with Crippen LogP contribution in [-0.4, -0.2) is 33.9 Å². The first-order valence-corrected chi connectivity index (χ1v) is 4.29. The molecule has 4 N–H and O–H groups in total. The minimum atomic E-state index is -1.99. The van der Waals surface area contributed by atoms with E-state index in [0.29, 0.717) is 0 Å². The second-order valence-corrected chi connectivity index (χ2v) is 4.00. The molecule has 0 aromatic heterocycles. The molecule has 2 rings (SSSR count). The average Bonchev–Trinajstić information content (AvgIpc) is 2.70. The highest BCUT2D eigenvalue weighted by molar-refractivity contribution is 5.86. The Morgan fingerprint density at radius 2 is 2.00 bits per heavy atom. The third-order valence-corrected chi connectivity index (χ3v) is 3.37. The van der Waals surface area contributed by atoms with Gasteiger partial charge in [0.1, 0.15) is 11.7 Å². The van der Waals surface area contributed by atoms with Crippen LogP contribution in [0.1, 0.15) is 6.42 Å². The number of fused-ring (bicyclic) bond motifs is 1. The summed E-state index contributed by atoms with van der Waals surface area (Å²) in [6.45, 7) is 0. The maximum atomic E-state index is 13.2. The van der Waals surface area contributed by atoms with Gasteiger partial charge in [-0.2, -0.15) is 0 Å². The number of nitrogens with two attached hydrogens (primary N) is 1. The van der Waals surface area contributed by atoms with Gasteiger partial charge in [0, 0.05) is 5.92 Å². The number of aliphatic carboxylic acids is 2. The Labute approximate surface area is 78.7 Å². The number of hydrogen-bond acceptors (Lipinski definition) is 3. The summed E-state index contributed by atoms with van der Waals surface area (Å²) in [7, 11) is 0. The van der Waals surface area contributed by atoms with E-state index in [9.17, 15) is 14.0 Å². The monoisotopic (exact) mass is 203 g/mol. The summed E-state index contributed by atoms with van der Waals surface area (Å²) in [6, 6.07) is 0. The van der Waals surface area contributed by atoms with E-state index in [1.165, 1.54) is 0 Å². The lowest BCUT2D eigenvalue weighted by Crippen LogP contribution is -2.56. The second kappa shape index (κ2) is 2.44. The predicted octanol–water partition coefficient (Wildman–Crippen LogP) is -0.543. The van der Waals surface area contributed by atoms with Crippen LogP contribution in [0.25, 0.3) is 0 Å². The highest BCUT2D eigenvalue weighted by Gasteiger charge is 2.74. The standard InChI is InChI=1S/C8H10FNO4/c9-3-1-2-4(6(11)12)5(2)8(3,10)7(13)14/h2-5H,1,10H2,(H,11,12)(H,13,14)/t2-,3-,4+,5?,8-/m1/s1. The van der Waals surface area contributed by atoms with Crippen LogP contribution < -0.4 is 5.73 Å². The van der Waals surface area contributed by atoms with Crippen molar-refractivity contribution < 1.29 is 24.2 Å². The van der Waals surface area contributed by atoms with Crippen molar-refractivity contribution in [1.82, 2.24) is 0 Å². The molecule has 0 spiro atoms. The van der Waals surface area contributed by atoms with Crippen LogP contribution in [0.5, 0.6) is 0 Å². The molecule has 2 aliphatic rings. The van der Waals surface area contributed by atoms with E-state index in [1.54, 1.807) is 0 Å². The third kappa shape index (κ3) is 0.863. The Kier molecular flexibility index (Phi) is 1.64. The highest BCUT2D eigenvalue weighted by atomic mass is 19.1. The van der Waals surface area contributed by atoms with Gasteiger partial charge in [-0.25, -0.2) is 4.39 Å². The van der Waals surface area contributed by atoms with Gasteiger partial charge in [0.05, 0.1) is 5.92 Å². The van der Waals surface area contributed by atoms with E-state index in [4.69, 9.17) is 15.9 Å². The second-order valence-electron chi connectivity index (χ2n) is 4.00. The summed E-state index contributed by atoms with van der Waals surface area (Å²) in [4.78, 5) is 21.4. The largest absolute Gasteiger partial charge is 0.481 e. The molecular formula is C8H10FNO4. The molecule has 0 radical (unpaired) electrons. The Morgan fingerprint density at radius 3 is 2.43 bits per heavy atom. The zero-order valence-electron chi connectivity index (χ0n) is 7.18. The fraction of sp³-hybridized carbons (Fsp3) is 0.750. The van der Waals surface area contributed by atoms with Crippen molar-refractivity contribution in [3.05, 3.63) is 0 Å². The zero-order valence-corrected chi connectivity index (χ0v) is 7.18. The van der Waals surface area contributed by atoms with E-state index >= 15 is 0 Å². The van der Waals surface area contributed by atoms with E-state index in [1.807, 2.05) is 0 Å². The number of halogens is 1. The van der Waals surface area contributed by atoms with Gasteiger partial charge in [0.2, 0.25) is 0 Å². The van der Waals surface area contributed by atoms with Crippen molar-refractivity contribution in [2.24, 2.45) is 23.5 Å². The molecule has 0 aromatic rings. The van der Waals surface area contributed by atoms with Crippen LogP contribution in [0.15, 0.2) is 0 Å². The summed E-state index contributed by atoms with van der Waals surface area (Å²) in [5.41, 5.74) is 3.43. The summed E-state index contributed by atoms with van der Waals surface area (Å²) in [5.74, 6) is -4.44. The molecule has 0 saturated heterocycles. The van der Waals surface area contributed by atoms with E-state index in [-0.39, 0.29) is 6.42 Å². The zero-order chi connectivity index (χ0) is 10.7. The molecule has 5 nitrogen and oxygen atoms in total. The van der Waals surface area contributed by atoms with Gasteiger partial charge in [-0.15, -0.1) is 0 Å². The molecular weight excluding hydrogens is 193 g/mol. The Balaban J connectivity index is 2.26. The normalized spacial score (nSPS) is 49.9. The van der Waals surface area contributed by atoms with E-state index < -0.39 is 41.4 Å². The fourth-order valence-corrected chi connectivity index (χ4v) is 2.57. The molecule has 0 heterocycles. The van der Waals surface area contributed by atoms with Gasteiger partial charge < -0.3 is 15.9 Å². The lowest BCUT2D eigenvalue weighted by Gasteiger charge is -2.24. The molecule has 0 amide bonds. The fourth-order valence-electron chi connectivity index (χ4n) is 2.57. The van der Waals surface area contributed by atoms with Crippen LogP contribution in [0, 0.1) is 17.8 Å². The van der Waals surface area contributed by atoms with E-state index in [0.717, 1.165) is 0 Å². The molecule has 6 heteroatoms. The predicted molar refractivity (Wildman–Crippen MR) is 42.2 cm³/mol. The third-order valence-electron chi connectivity index (χ3n) is 3.37. The molecule has 5 atom stereocenters. The first-order valence-electron chi connectivity index (χ1n) is 4.29. The maximum Gasteiger partial charge on any atom is 0.327 e. The quantitative estimate of drug-likeness (QED) is 0.559. The molecule has 0 aromatic carbocycles. The number of rotatable bonds is 2. The molecule has 2 fully saturated rings. The lowest BCUT2D eigenvalue weighted by molar-refractivity contribution is -0.147. The van der Waals surface area contributed by atoms with Crippen molar-refractivity contribution in [1.29, 1.82) is 0 Å². The van der Waals surface area contributed by atoms with Crippen molar-refractivity contribution in [3.63, 3.8) is 0 Å². The van der Waals surface area contributed by atoms with Crippen molar-refractivity contribution >= 4 is 11.9 Å². The van der Waals surface area contributed by atoms with Gasteiger partial charge in [0.15, 0.2) is 0 Å². The number of carbonyl (C=O) groups is 2. The Hall–Kier alpha value is -1.17. The smallest absolute Gasteiger partial charge is 0.327 e. The lowest BCUT2D eigenvalue weighted by atomic mass is 9.90. The van der Waals surface area contributed by atoms with Gasteiger partial charge in [0.25, 0.3) is 0 Å². The van der Waals surface area contributed by atoms with Gasteiger partial charge in [-0.05, 0) is 12.3 Å². The van der Waals surface area contributed by atoms with Gasteiger partial charge in [-0.1, -0.05) is 0 Å². The molecule has 2 aliphatic carbocycles. The van der Waals surface area contributed by atoms with Crippen LogP contribution in [-0.2, 0) is 9.59 Å². The van der Waals surface area contributed by atoms with Crippen molar-refractivity contribution in [2.75, 3.05) is 0 Å². The summed E-state index contributed by atoms with van der Waals surface area (Å²) in [6.07, 6.45) is -1.68. The number of carboxylic acid groups (broad SMARTS) is 2.